The molecule has 0 unspecified atom stereocenters. The zero-order valence-electron chi connectivity index (χ0n) is 14.0. The third-order valence-electron chi connectivity index (χ3n) is 4.44. The average molecular weight is 348 g/mol. The molecule has 3 rings (SSSR count). The molecule has 0 saturated carbocycles. The number of piperidine rings is 1. The van der Waals surface area contributed by atoms with Gasteiger partial charge in [0.05, 0.1) is 5.75 Å². The third kappa shape index (κ3) is 3.87. The van der Waals surface area contributed by atoms with Crippen LogP contribution in [0.3, 0.4) is 0 Å². The first-order valence-electron chi connectivity index (χ1n) is 8.58. The summed E-state index contributed by atoms with van der Waals surface area (Å²) in [6, 6.07) is 9.82. The van der Waals surface area contributed by atoms with E-state index in [-0.39, 0.29) is 11.9 Å². The summed E-state index contributed by atoms with van der Waals surface area (Å²) in [6.07, 6.45) is 4.85. The molecule has 2 heterocycles. The molecule has 0 atom stereocenters. The molecule has 0 amide bonds. The van der Waals surface area contributed by atoms with Gasteiger partial charge in [-0.05, 0) is 31.4 Å². The van der Waals surface area contributed by atoms with Gasteiger partial charge in [0.25, 0.3) is 0 Å². The van der Waals surface area contributed by atoms with Crippen molar-refractivity contribution in [2.24, 2.45) is 0 Å². The normalized spacial score (nSPS) is 17.2. The van der Waals surface area contributed by atoms with Gasteiger partial charge in [-0.3, -0.25) is 4.98 Å². The fraction of sp³-hybridized carbons (Fsp3) is 0.500. The van der Waals surface area contributed by atoms with E-state index in [1.807, 2.05) is 37.3 Å². The average Bonchev–Trinajstić information content (AvgIpc) is 2.61. The van der Waals surface area contributed by atoms with Crippen LogP contribution in [0.1, 0.15) is 32.6 Å². The Kier molecular flexibility index (Phi) is 5.36. The molecule has 1 fully saturated rings. The highest BCUT2D eigenvalue weighted by atomic mass is 32.2. The number of hydrogen-bond donors (Lipinski definition) is 0. The second-order valence-corrected chi connectivity index (χ2v) is 8.31. The second-order valence-electron chi connectivity index (χ2n) is 6.22. The molecule has 1 aromatic carbocycles. The third-order valence-corrected chi connectivity index (χ3v) is 6.40. The Balaban J connectivity index is 1.63. The van der Waals surface area contributed by atoms with Gasteiger partial charge in [-0.1, -0.05) is 31.5 Å². The van der Waals surface area contributed by atoms with Crippen LogP contribution < -0.4 is 4.74 Å². The second kappa shape index (κ2) is 7.49. The van der Waals surface area contributed by atoms with E-state index >= 15 is 0 Å². The molecule has 0 radical (unpaired) electrons. The molecule has 24 heavy (non-hydrogen) atoms. The number of benzene rings is 1. The number of sulfonamides is 1. The van der Waals surface area contributed by atoms with Crippen LogP contribution in [-0.4, -0.2) is 42.7 Å². The van der Waals surface area contributed by atoms with Gasteiger partial charge in [-0.15, -0.1) is 0 Å². The lowest BCUT2D eigenvalue weighted by Crippen LogP contribution is -2.42. The monoisotopic (exact) mass is 348 g/mol. The van der Waals surface area contributed by atoms with Crippen LogP contribution in [0.5, 0.6) is 5.75 Å². The fourth-order valence-electron chi connectivity index (χ4n) is 3.03. The predicted octanol–water partition coefficient (Wildman–Crippen LogP) is 3.21. The Hall–Kier alpha value is -1.66. The van der Waals surface area contributed by atoms with Gasteiger partial charge in [-0.2, -0.15) is 0 Å². The molecule has 6 heteroatoms. The van der Waals surface area contributed by atoms with Crippen LogP contribution in [0.15, 0.2) is 36.5 Å². The van der Waals surface area contributed by atoms with E-state index in [1.165, 1.54) is 0 Å². The molecule has 1 aliphatic rings. The highest BCUT2D eigenvalue weighted by Crippen LogP contribution is 2.27. The van der Waals surface area contributed by atoms with E-state index in [0.29, 0.717) is 25.9 Å². The number of fused-ring (bicyclic) bond motifs is 1. The lowest BCUT2D eigenvalue weighted by atomic mass is 10.1. The van der Waals surface area contributed by atoms with Crippen LogP contribution in [-0.2, 0) is 10.0 Å². The van der Waals surface area contributed by atoms with Crippen LogP contribution in [0.4, 0.5) is 0 Å². The van der Waals surface area contributed by atoms with E-state index < -0.39 is 10.0 Å². The predicted molar refractivity (Wildman–Crippen MR) is 95.7 cm³/mol. The molecular formula is C18H24N2O3S. The van der Waals surface area contributed by atoms with E-state index in [0.717, 1.165) is 29.5 Å². The lowest BCUT2D eigenvalue weighted by Gasteiger charge is -2.31. The molecule has 0 N–H and O–H groups in total. The number of para-hydroxylation sites is 1. The lowest BCUT2D eigenvalue weighted by molar-refractivity contribution is 0.136. The highest BCUT2D eigenvalue weighted by molar-refractivity contribution is 7.89. The maximum Gasteiger partial charge on any atom is 0.214 e. The SMILES string of the molecule is CCCCS(=O)(=O)N1CCC(Oc2cccc3cccnc23)CC1. The summed E-state index contributed by atoms with van der Waals surface area (Å²) in [4.78, 5) is 4.40. The maximum absolute atomic E-state index is 12.3. The number of pyridine rings is 1. The number of hydrogen-bond acceptors (Lipinski definition) is 4. The highest BCUT2D eigenvalue weighted by Gasteiger charge is 2.28. The molecule has 0 aliphatic carbocycles. The number of unbranched alkanes of at least 4 members (excludes halogenated alkanes) is 1. The topological polar surface area (TPSA) is 59.5 Å². The summed E-state index contributed by atoms with van der Waals surface area (Å²) in [5.41, 5.74) is 0.859. The smallest absolute Gasteiger partial charge is 0.214 e. The summed E-state index contributed by atoms with van der Waals surface area (Å²) >= 11 is 0. The van der Waals surface area contributed by atoms with Crippen molar-refractivity contribution in [2.45, 2.75) is 38.7 Å². The summed E-state index contributed by atoms with van der Waals surface area (Å²) in [6.45, 7) is 3.08. The van der Waals surface area contributed by atoms with Crippen molar-refractivity contribution in [3.8, 4) is 5.75 Å². The number of rotatable bonds is 6. The Morgan fingerprint density at radius 3 is 2.71 bits per heavy atom. The van der Waals surface area contributed by atoms with Crippen molar-refractivity contribution in [1.82, 2.24) is 9.29 Å². The zero-order valence-corrected chi connectivity index (χ0v) is 14.8. The van der Waals surface area contributed by atoms with Gasteiger partial charge in [0.2, 0.25) is 10.0 Å². The van der Waals surface area contributed by atoms with Gasteiger partial charge >= 0.3 is 0 Å². The van der Waals surface area contributed by atoms with Crippen molar-refractivity contribution in [3.63, 3.8) is 0 Å². The number of ether oxygens (including phenoxy) is 1. The summed E-state index contributed by atoms with van der Waals surface area (Å²) in [5.74, 6) is 1.03. The van der Waals surface area contributed by atoms with Crippen molar-refractivity contribution in [2.75, 3.05) is 18.8 Å². The Bertz CT molecular complexity index is 778. The first kappa shape index (κ1) is 17.2. The molecule has 130 valence electrons. The molecular weight excluding hydrogens is 324 g/mol. The Morgan fingerprint density at radius 2 is 1.96 bits per heavy atom. The fourth-order valence-corrected chi connectivity index (χ4v) is 4.71. The first-order valence-corrected chi connectivity index (χ1v) is 10.2. The number of aromatic nitrogens is 1. The van der Waals surface area contributed by atoms with E-state index in [1.54, 1.807) is 10.5 Å². The van der Waals surface area contributed by atoms with Crippen molar-refractivity contribution >= 4 is 20.9 Å². The summed E-state index contributed by atoms with van der Waals surface area (Å²) in [5, 5.41) is 1.05. The van der Waals surface area contributed by atoms with E-state index in [4.69, 9.17) is 4.74 Å². The van der Waals surface area contributed by atoms with E-state index in [2.05, 4.69) is 4.98 Å². The van der Waals surface area contributed by atoms with Gasteiger partial charge in [0.15, 0.2) is 0 Å². The number of nitrogens with zero attached hydrogens (tertiary/aromatic N) is 2. The van der Waals surface area contributed by atoms with Crippen LogP contribution in [0, 0.1) is 0 Å². The molecule has 1 aromatic heterocycles. The molecule has 1 saturated heterocycles. The molecule has 5 nitrogen and oxygen atoms in total. The van der Waals surface area contributed by atoms with E-state index in [9.17, 15) is 8.42 Å². The molecule has 0 bridgehead atoms. The largest absolute Gasteiger partial charge is 0.488 e. The van der Waals surface area contributed by atoms with Crippen LogP contribution in [0.25, 0.3) is 10.9 Å². The molecule has 2 aromatic rings. The first-order chi connectivity index (χ1) is 11.6. The molecule has 1 aliphatic heterocycles. The maximum atomic E-state index is 12.3. The minimum absolute atomic E-state index is 0.0373. The van der Waals surface area contributed by atoms with Gasteiger partial charge < -0.3 is 4.74 Å². The minimum atomic E-state index is -3.11. The minimum Gasteiger partial charge on any atom is -0.488 e. The molecule has 0 spiro atoms. The van der Waals surface area contributed by atoms with Crippen molar-refractivity contribution in [3.05, 3.63) is 36.5 Å². The zero-order chi connectivity index (χ0) is 17.0. The van der Waals surface area contributed by atoms with Crippen molar-refractivity contribution in [1.29, 1.82) is 0 Å². The standard InChI is InChI=1S/C18H24N2O3S/c1-2-3-14-24(21,22)20-12-9-16(10-13-20)23-17-8-4-6-15-7-5-11-19-18(15)17/h4-8,11,16H,2-3,9-10,12-14H2,1H3. The van der Waals surface area contributed by atoms with Gasteiger partial charge in [0, 0.05) is 24.7 Å². The Labute approximate surface area is 143 Å². The van der Waals surface area contributed by atoms with Crippen LogP contribution >= 0.6 is 0 Å². The summed E-state index contributed by atoms with van der Waals surface area (Å²) < 4.78 is 32.3. The summed E-state index contributed by atoms with van der Waals surface area (Å²) in [7, 11) is -3.11. The van der Waals surface area contributed by atoms with Crippen molar-refractivity contribution < 1.29 is 13.2 Å². The van der Waals surface area contributed by atoms with Crippen LogP contribution in [0.2, 0.25) is 0 Å². The quantitative estimate of drug-likeness (QED) is 0.804. The van der Waals surface area contributed by atoms with Gasteiger partial charge in [-0.25, -0.2) is 12.7 Å². The Morgan fingerprint density at radius 1 is 1.21 bits per heavy atom. The van der Waals surface area contributed by atoms with Gasteiger partial charge in [0.1, 0.15) is 17.4 Å².